The number of nitrogens with one attached hydrogen (secondary N) is 1. The lowest BCUT2D eigenvalue weighted by Crippen LogP contribution is -2.43. The third-order valence-corrected chi connectivity index (χ3v) is 3.46. The van der Waals surface area contributed by atoms with Crippen LogP contribution in [0.25, 0.3) is 0 Å². The monoisotopic (exact) mass is 313 g/mol. The summed E-state index contributed by atoms with van der Waals surface area (Å²) in [6.45, 7) is 0. The van der Waals surface area contributed by atoms with Crippen molar-refractivity contribution in [1.82, 2.24) is 5.32 Å². The van der Waals surface area contributed by atoms with Crippen LogP contribution in [0.15, 0.2) is 54.6 Å². The van der Waals surface area contributed by atoms with Crippen molar-refractivity contribution in [3.05, 3.63) is 65.7 Å². The van der Waals surface area contributed by atoms with E-state index in [0.29, 0.717) is 5.75 Å². The topological polar surface area (TPSA) is 75.6 Å². The number of carbonyl (C=O) groups excluding carboxylic acids is 1. The second kappa shape index (κ2) is 7.98. The fourth-order valence-corrected chi connectivity index (χ4v) is 2.32. The predicted molar refractivity (Wildman–Crippen MR) is 86.4 cm³/mol. The van der Waals surface area contributed by atoms with Gasteiger partial charge in [-0.3, -0.25) is 4.79 Å². The van der Waals surface area contributed by atoms with Gasteiger partial charge in [-0.2, -0.15) is 0 Å². The maximum atomic E-state index is 12.1. The zero-order chi connectivity index (χ0) is 16.7. The summed E-state index contributed by atoms with van der Waals surface area (Å²) in [5.41, 5.74) is 1.58. The van der Waals surface area contributed by atoms with Crippen molar-refractivity contribution in [2.75, 3.05) is 7.11 Å². The normalized spacial score (nSPS) is 11.5. The Kier molecular flexibility index (Phi) is 5.74. The van der Waals surface area contributed by atoms with Crippen LogP contribution >= 0.6 is 0 Å². The average Bonchev–Trinajstić information content (AvgIpc) is 2.55. The molecule has 1 atom stereocenters. The van der Waals surface area contributed by atoms with Gasteiger partial charge in [-0.1, -0.05) is 48.5 Å². The lowest BCUT2D eigenvalue weighted by molar-refractivity contribution is -0.141. The zero-order valence-electron chi connectivity index (χ0n) is 12.9. The molecule has 2 rings (SSSR count). The molecule has 0 aliphatic carbocycles. The molecule has 0 saturated carbocycles. The van der Waals surface area contributed by atoms with Gasteiger partial charge in [-0.25, -0.2) is 4.79 Å². The Balaban J connectivity index is 2.04. The molecule has 0 aliphatic rings. The molecule has 2 N–H and O–H groups in total. The van der Waals surface area contributed by atoms with Gasteiger partial charge in [0.05, 0.1) is 13.5 Å². The number of carboxylic acid groups (broad SMARTS) is 1. The second-order valence-corrected chi connectivity index (χ2v) is 5.14. The first kappa shape index (κ1) is 16.5. The summed E-state index contributed by atoms with van der Waals surface area (Å²) in [6.07, 6.45) is 0.316. The highest BCUT2D eigenvalue weighted by atomic mass is 16.5. The molecule has 120 valence electrons. The van der Waals surface area contributed by atoms with E-state index >= 15 is 0 Å². The Morgan fingerprint density at radius 2 is 1.74 bits per heavy atom. The standard InChI is InChI=1S/C18H19NO4/c1-23-16-10-6-5-9-14(16)12-15(18(21)22)19-17(20)11-13-7-3-2-4-8-13/h2-10,15H,11-12H2,1H3,(H,19,20)(H,21,22)/t15-/m0/s1. The van der Waals surface area contributed by atoms with Crippen molar-refractivity contribution in [1.29, 1.82) is 0 Å². The Morgan fingerprint density at radius 1 is 1.09 bits per heavy atom. The molecule has 0 aliphatic heterocycles. The Hall–Kier alpha value is -2.82. The lowest BCUT2D eigenvalue weighted by atomic mass is 10.0. The SMILES string of the molecule is COc1ccccc1C[C@H](NC(=O)Cc1ccccc1)C(=O)O. The van der Waals surface area contributed by atoms with Gasteiger partial charge >= 0.3 is 5.97 Å². The maximum absolute atomic E-state index is 12.1. The lowest BCUT2D eigenvalue weighted by Gasteiger charge is -2.16. The summed E-state index contributed by atoms with van der Waals surface area (Å²) in [6, 6.07) is 15.4. The Labute approximate surface area is 134 Å². The molecule has 23 heavy (non-hydrogen) atoms. The average molecular weight is 313 g/mol. The summed E-state index contributed by atoms with van der Waals surface area (Å²) in [5, 5.41) is 11.9. The van der Waals surface area contributed by atoms with E-state index in [-0.39, 0.29) is 18.7 Å². The minimum Gasteiger partial charge on any atom is -0.496 e. The molecule has 2 aromatic rings. The van der Waals surface area contributed by atoms with Crippen molar-refractivity contribution in [3.8, 4) is 5.75 Å². The van der Waals surface area contributed by atoms with Crippen LogP contribution in [0.5, 0.6) is 5.75 Å². The Bertz CT molecular complexity index is 670. The van der Waals surface area contributed by atoms with Gasteiger partial charge in [0.1, 0.15) is 11.8 Å². The smallest absolute Gasteiger partial charge is 0.326 e. The van der Waals surface area contributed by atoms with E-state index in [2.05, 4.69) is 5.32 Å². The minimum atomic E-state index is -1.07. The van der Waals surface area contributed by atoms with E-state index in [4.69, 9.17) is 4.74 Å². The fraction of sp³-hybridized carbons (Fsp3) is 0.222. The number of hydrogen-bond acceptors (Lipinski definition) is 3. The number of carboxylic acids is 1. The van der Waals surface area contributed by atoms with Crippen LogP contribution in [0, 0.1) is 0 Å². The predicted octanol–water partition coefficient (Wildman–Crippen LogP) is 2.05. The largest absolute Gasteiger partial charge is 0.496 e. The molecule has 0 heterocycles. The number of benzene rings is 2. The molecule has 0 aromatic heterocycles. The molecule has 5 heteroatoms. The highest BCUT2D eigenvalue weighted by Gasteiger charge is 2.21. The van der Waals surface area contributed by atoms with Crippen LogP contribution in [0.1, 0.15) is 11.1 Å². The van der Waals surface area contributed by atoms with Crippen LogP contribution in [0.3, 0.4) is 0 Å². The molecule has 0 fully saturated rings. The molecule has 0 saturated heterocycles. The van der Waals surface area contributed by atoms with Gasteiger partial charge in [0, 0.05) is 6.42 Å². The van der Waals surface area contributed by atoms with Crippen LogP contribution in [-0.4, -0.2) is 30.1 Å². The third-order valence-electron chi connectivity index (χ3n) is 3.46. The molecule has 1 amide bonds. The van der Waals surface area contributed by atoms with Crippen LogP contribution in [0.4, 0.5) is 0 Å². The summed E-state index contributed by atoms with van der Waals surface area (Å²) < 4.78 is 5.22. The number of ether oxygens (including phenoxy) is 1. The molecular weight excluding hydrogens is 294 g/mol. The van der Waals surface area contributed by atoms with Gasteiger partial charge in [0.15, 0.2) is 0 Å². The second-order valence-electron chi connectivity index (χ2n) is 5.14. The summed E-state index contributed by atoms with van der Waals surface area (Å²) in [4.78, 5) is 23.5. The van der Waals surface area contributed by atoms with Gasteiger partial charge in [0.25, 0.3) is 0 Å². The molecular formula is C18H19NO4. The van der Waals surface area contributed by atoms with E-state index in [1.54, 1.807) is 12.1 Å². The highest BCUT2D eigenvalue weighted by Crippen LogP contribution is 2.19. The van der Waals surface area contributed by atoms with Crippen molar-refractivity contribution < 1.29 is 19.4 Å². The van der Waals surface area contributed by atoms with Gasteiger partial charge in [-0.15, -0.1) is 0 Å². The van der Waals surface area contributed by atoms with Gasteiger partial charge in [-0.05, 0) is 17.2 Å². The van der Waals surface area contributed by atoms with E-state index in [0.717, 1.165) is 11.1 Å². The van der Waals surface area contributed by atoms with E-state index in [9.17, 15) is 14.7 Å². The van der Waals surface area contributed by atoms with Crippen LogP contribution in [-0.2, 0) is 22.4 Å². The van der Waals surface area contributed by atoms with Crippen molar-refractivity contribution in [3.63, 3.8) is 0 Å². The van der Waals surface area contributed by atoms with Gasteiger partial charge in [0.2, 0.25) is 5.91 Å². The van der Waals surface area contributed by atoms with E-state index in [1.165, 1.54) is 7.11 Å². The molecule has 0 unspecified atom stereocenters. The molecule has 0 radical (unpaired) electrons. The number of amides is 1. The van der Waals surface area contributed by atoms with Crippen molar-refractivity contribution >= 4 is 11.9 Å². The van der Waals surface area contributed by atoms with Crippen molar-refractivity contribution in [2.45, 2.75) is 18.9 Å². The van der Waals surface area contributed by atoms with Crippen molar-refractivity contribution in [2.24, 2.45) is 0 Å². The third kappa shape index (κ3) is 4.85. The summed E-state index contributed by atoms with van der Waals surface area (Å²) >= 11 is 0. The molecule has 2 aromatic carbocycles. The van der Waals surface area contributed by atoms with Crippen LogP contribution < -0.4 is 10.1 Å². The number of para-hydroxylation sites is 1. The molecule has 5 nitrogen and oxygen atoms in total. The number of aliphatic carboxylic acids is 1. The van der Waals surface area contributed by atoms with Crippen LogP contribution in [0.2, 0.25) is 0 Å². The first-order valence-corrected chi connectivity index (χ1v) is 7.28. The maximum Gasteiger partial charge on any atom is 0.326 e. The van der Waals surface area contributed by atoms with E-state index < -0.39 is 12.0 Å². The quantitative estimate of drug-likeness (QED) is 0.820. The number of methoxy groups -OCH3 is 1. The first-order chi connectivity index (χ1) is 11.1. The number of rotatable bonds is 7. The summed E-state index contributed by atoms with van der Waals surface area (Å²) in [7, 11) is 1.53. The van der Waals surface area contributed by atoms with E-state index in [1.807, 2.05) is 42.5 Å². The highest BCUT2D eigenvalue weighted by molar-refractivity contribution is 5.85. The van der Waals surface area contributed by atoms with Gasteiger partial charge < -0.3 is 15.2 Å². The number of carbonyl (C=O) groups is 2. The minimum absolute atomic E-state index is 0.149. The number of hydrogen-bond donors (Lipinski definition) is 2. The Morgan fingerprint density at radius 3 is 2.39 bits per heavy atom. The fourth-order valence-electron chi connectivity index (χ4n) is 2.32. The molecule has 0 spiro atoms. The summed E-state index contributed by atoms with van der Waals surface area (Å²) in [5.74, 6) is -0.785. The zero-order valence-corrected chi connectivity index (χ0v) is 12.9. The first-order valence-electron chi connectivity index (χ1n) is 7.28. The molecule has 0 bridgehead atoms.